The number of hydrogen-bond acceptors (Lipinski definition) is 4. The monoisotopic (exact) mass is 374 g/mol. The van der Waals surface area contributed by atoms with Crippen molar-refractivity contribution in [1.29, 1.82) is 0 Å². The Labute approximate surface area is 162 Å². The Hall–Kier alpha value is -0.940. The Morgan fingerprint density at radius 2 is 1.08 bits per heavy atom. The number of ketones is 1. The molecule has 0 aliphatic carbocycles. The Bertz CT molecular complexity index is 344. The van der Waals surface area contributed by atoms with Gasteiger partial charge in [-0.05, 0) is 31.6 Å². The second-order valence-corrected chi connectivity index (χ2v) is 7.87. The Balaban J connectivity index is -0.000000393. The molecule has 5 nitrogen and oxygen atoms in total. The standard InChI is InChI=1S/C11H23NO.C9H19NO2.CH4/c1-9(2)7-5-4-6-8-11(12)10(3)13;1-7(2)5-3-4-6-8(10)9(11)12;/h9,11H,4-8,12H2,1-3H3;7-8H,3-6,10H2,1-2H3,(H,11,12);1H4/t11-;8-;/m00./s1. The van der Waals surface area contributed by atoms with Crippen LogP contribution in [0.1, 0.15) is 99.8 Å². The summed E-state index contributed by atoms with van der Waals surface area (Å²) in [5.41, 5.74) is 10.9. The lowest BCUT2D eigenvalue weighted by molar-refractivity contribution is -0.138. The number of carboxylic acid groups (broad SMARTS) is 1. The molecule has 0 fully saturated rings. The summed E-state index contributed by atoms with van der Waals surface area (Å²) in [6.45, 7) is 10.4. The van der Waals surface area contributed by atoms with Crippen LogP contribution in [0.2, 0.25) is 0 Å². The van der Waals surface area contributed by atoms with Gasteiger partial charge in [0.25, 0.3) is 0 Å². The van der Waals surface area contributed by atoms with E-state index in [1.807, 2.05) is 0 Å². The van der Waals surface area contributed by atoms with E-state index in [2.05, 4.69) is 27.7 Å². The van der Waals surface area contributed by atoms with E-state index in [0.717, 1.165) is 38.0 Å². The van der Waals surface area contributed by atoms with Gasteiger partial charge in [-0.15, -0.1) is 0 Å². The largest absolute Gasteiger partial charge is 0.480 e. The lowest BCUT2D eigenvalue weighted by Gasteiger charge is -2.07. The fraction of sp³-hybridized carbons (Fsp3) is 0.905. The molecule has 0 unspecified atom stereocenters. The molecule has 0 rings (SSSR count). The van der Waals surface area contributed by atoms with Gasteiger partial charge in [0.05, 0.1) is 6.04 Å². The van der Waals surface area contributed by atoms with Crippen molar-refractivity contribution in [2.24, 2.45) is 23.3 Å². The third-order valence-corrected chi connectivity index (χ3v) is 4.18. The first-order chi connectivity index (χ1) is 11.6. The maximum atomic E-state index is 10.8. The van der Waals surface area contributed by atoms with Gasteiger partial charge >= 0.3 is 5.97 Å². The fourth-order valence-corrected chi connectivity index (χ4v) is 2.34. The molecule has 0 radical (unpaired) electrons. The smallest absolute Gasteiger partial charge is 0.320 e. The van der Waals surface area contributed by atoms with Gasteiger partial charge in [0.1, 0.15) is 11.8 Å². The summed E-state index contributed by atoms with van der Waals surface area (Å²) >= 11 is 0. The third kappa shape index (κ3) is 23.1. The van der Waals surface area contributed by atoms with Crippen LogP contribution in [0.25, 0.3) is 0 Å². The average Bonchev–Trinajstić information content (AvgIpc) is 2.50. The maximum absolute atomic E-state index is 10.8. The van der Waals surface area contributed by atoms with Crippen LogP contribution in [0.15, 0.2) is 0 Å². The van der Waals surface area contributed by atoms with Crippen LogP contribution in [-0.2, 0) is 9.59 Å². The molecular weight excluding hydrogens is 328 g/mol. The number of aliphatic carboxylic acids is 1. The van der Waals surface area contributed by atoms with Gasteiger partial charge in [-0.25, -0.2) is 0 Å². The van der Waals surface area contributed by atoms with Crippen LogP contribution in [-0.4, -0.2) is 28.9 Å². The number of carboxylic acids is 1. The molecule has 0 saturated heterocycles. The molecule has 0 aliphatic rings. The molecule has 0 heterocycles. The predicted molar refractivity (Wildman–Crippen MR) is 112 cm³/mol. The molecule has 5 heteroatoms. The zero-order chi connectivity index (χ0) is 19.8. The molecule has 5 N–H and O–H groups in total. The number of Topliss-reactive ketones (excluding diaryl/α,β-unsaturated/α-hetero) is 1. The Kier molecular flexibility index (Phi) is 21.6. The van der Waals surface area contributed by atoms with E-state index in [-0.39, 0.29) is 19.3 Å². The Morgan fingerprint density at radius 3 is 1.46 bits per heavy atom. The molecule has 0 aliphatic heterocycles. The summed E-state index contributed by atoms with van der Waals surface area (Å²) in [5.74, 6) is 0.718. The van der Waals surface area contributed by atoms with Crippen molar-refractivity contribution in [1.82, 2.24) is 0 Å². The zero-order valence-corrected chi connectivity index (χ0v) is 17.1. The van der Waals surface area contributed by atoms with Crippen molar-refractivity contribution >= 4 is 11.8 Å². The van der Waals surface area contributed by atoms with E-state index >= 15 is 0 Å². The van der Waals surface area contributed by atoms with Gasteiger partial charge < -0.3 is 16.6 Å². The molecule has 0 saturated carbocycles. The minimum Gasteiger partial charge on any atom is -0.480 e. The first kappa shape index (κ1) is 29.8. The van der Waals surface area contributed by atoms with E-state index in [9.17, 15) is 9.59 Å². The molecule has 2 atom stereocenters. The van der Waals surface area contributed by atoms with E-state index in [1.54, 1.807) is 6.92 Å². The van der Waals surface area contributed by atoms with Crippen LogP contribution >= 0.6 is 0 Å². The van der Waals surface area contributed by atoms with Crippen molar-refractivity contribution in [3.63, 3.8) is 0 Å². The van der Waals surface area contributed by atoms with Crippen LogP contribution in [0.4, 0.5) is 0 Å². The molecule has 158 valence electrons. The minimum absolute atomic E-state index is 0. The number of nitrogens with two attached hydrogens (primary N) is 2. The molecule has 0 spiro atoms. The molecule has 26 heavy (non-hydrogen) atoms. The zero-order valence-electron chi connectivity index (χ0n) is 17.1. The van der Waals surface area contributed by atoms with E-state index in [1.165, 1.54) is 19.3 Å². The van der Waals surface area contributed by atoms with Crippen molar-refractivity contribution in [3.05, 3.63) is 0 Å². The summed E-state index contributed by atoms with van der Waals surface area (Å²) in [7, 11) is 0. The summed E-state index contributed by atoms with van der Waals surface area (Å²) in [4.78, 5) is 21.1. The number of hydrogen-bond donors (Lipinski definition) is 3. The number of carbonyl (C=O) groups excluding carboxylic acids is 1. The van der Waals surface area contributed by atoms with Crippen LogP contribution in [0, 0.1) is 11.8 Å². The lowest BCUT2D eigenvalue weighted by Crippen LogP contribution is -2.29. The van der Waals surface area contributed by atoms with Crippen molar-refractivity contribution in [2.75, 3.05) is 0 Å². The molecular formula is C21H46N2O3. The van der Waals surface area contributed by atoms with Crippen LogP contribution < -0.4 is 11.5 Å². The highest BCUT2D eigenvalue weighted by Gasteiger charge is 2.10. The highest BCUT2D eigenvalue weighted by Crippen LogP contribution is 2.10. The summed E-state index contributed by atoms with van der Waals surface area (Å²) < 4.78 is 0. The first-order valence-corrected chi connectivity index (χ1v) is 9.82. The van der Waals surface area contributed by atoms with Crippen molar-refractivity contribution in [2.45, 2.75) is 112 Å². The lowest BCUT2D eigenvalue weighted by atomic mass is 10.0. The Morgan fingerprint density at radius 1 is 0.731 bits per heavy atom. The molecule has 0 amide bonds. The fourth-order valence-electron chi connectivity index (χ4n) is 2.34. The number of carbonyl (C=O) groups is 2. The molecule has 0 aromatic heterocycles. The van der Waals surface area contributed by atoms with Gasteiger partial charge in [0.2, 0.25) is 0 Å². The van der Waals surface area contributed by atoms with Gasteiger partial charge in [0, 0.05) is 0 Å². The first-order valence-electron chi connectivity index (χ1n) is 9.82. The topological polar surface area (TPSA) is 106 Å². The van der Waals surface area contributed by atoms with Crippen molar-refractivity contribution < 1.29 is 14.7 Å². The number of rotatable bonds is 13. The van der Waals surface area contributed by atoms with Crippen LogP contribution in [0.5, 0.6) is 0 Å². The normalized spacial score (nSPS) is 12.8. The van der Waals surface area contributed by atoms with Gasteiger partial charge in [-0.3, -0.25) is 9.59 Å². The molecule has 0 aromatic rings. The quantitative estimate of drug-likeness (QED) is 0.403. The van der Waals surface area contributed by atoms with E-state index < -0.39 is 12.0 Å². The van der Waals surface area contributed by atoms with E-state index in [0.29, 0.717) is 12.3 Å². The minimum atomic E-state index is -0.889. The van der Waals surface area contributed by atoms with Gasteiger partial charge in [-0.2, -0.15) is 0 Å². The van der Waals surface area contributed by atoms with E-state index in [4.69, 9.17) is 16.6 Å². The second-order valence-electron chi connectivity index (χ2n) is 7.87. The maximum Gasteiger partial charge on any atom is 0.320 e. The second kappa shape index (κ2) is 18.8. The molecule has 0 aromatic carbocycles. The third-order valence-electron chi connectivity index (χ3n) is 4.18. The molecule has 0 bridgehead atoms. The highest BCUT2D eigenvalue weighted by molar-refractivity contribution is 5.81. The average molecular weight is 375 g/mol. The van der Waals surface area contributed by atoms with Gasteiger partial charge in [-0.1, -0.05) is 80.1 Å². The van der Waals surface area contributed by atoms with Crippen LogP contribution in [0.3, 0.4) is 0 Å². The number of unbranched alkanes of at least 4 members (excludes halogenated alkanes) is 3. The highest BCUT2D eigenvalue weighted by atomic mass is 16.4. The SMILES string of the molecule is C.CC(=O)[C@@H](N)CCCCCC(C)C.CC(C)CCCC[C@H](N)C(=O)O. The summed E-state index contributed by atoms with van der Waals surface area (Å²) in [6, 6.07) is -0.892. The summed E-state index contributed by atoms with van der Waals surface area (Å²) in [6.07, 6.45) is 9.47. The predicted octanol–water partition coefficient (Wildman–Crippen LogP) is 4.76. The van der Waals surface area contributed by atoms with Crippen molar-refractivity contribution in [3.8, 4) is 0 Å². The summed E-state index contributed by atoms with van der Waals surface area (Å²) in [5, 5.41) is 8.47. The van der Waals surface area contributed by atoms with Gasteiger partial charge in [0.15, 0.2) is 0 Å².